The first-order valence-electron chi connectivity index (χ1n) is 6.12. The first-order chi connectivity index (χ1) is 9.45. The van der Waals surface area contributed by atoms with Crippen LogP contribution in [0, 0.1) is 0 Å². The van der Waals surface area contributed by atoms with Crippen molar-refractivity contribution in [3.8, 4) is 11.5 Å². The van der Waals surface area contributed by atoms with Crippen LogP contribution < -0.4 is 10.5 Å². The lowest BCUT2D eigenvalue weighted by Crippen LogP contribution is -2.18. The molecule has 0 radical (unpaired) electrons. The molecule has 2 aromatic carbocycles. The van der Waals surface area contributed by atoms with Gasteiger partial charge in [0.15, 0.2) is 0 Å². The number of rotatable bonds is 4. The fourth-order valence-corrected chi connectivity index (χ4v) is 2.29. The van der Waals surface area contributed by atoms with Crippen LogP contribution in [0.3, 0.4) is 0 Å². The number of benzene rings is 2. The number of hydrogen-bond donors (Lipinski definition) is 1. The van der Waals surface area contributed by atoms with E-state index < -0.39 is 0 Å². The lowest BCUT2D eigenvalue weighted by Gasteiger charge is -2.14. The lowest BCUT2D eigenvalue weighted by molar-refractivity contribution is 0.474. The van der Waals surface area contributed by atoms with E-state index in [2.05, 4.69) is 0 Å². The molecule has 1 atom stereocenters. The summed E-state index contributed by atoms with van der Waals surface area (Å²) in [5.41, 5.74) is 6.82. The lowest BCUT2D eigenvalue weighted by atomic mass is 10.1. The smallest absolute Gasteiger partial charge is 0.147 e. The number of halogens is 3. The molecule has 0 spiro atoms. The van der Waals surface area contributed by atoms with Crippen molar-refractivity contribution in [3.05, 3.63) is 57.0 Å². The summed E-state index contributed by atoms with van der Waals surface area (Å²) < 4.78 is 5.85. The fraction of sp³-hybridized carbons (Fsp3) is 0.200. The Morgan fingerprint density at radius 1 is 1.00 bits per heavy atom. The Hall–Kier alpha value is -0.930. The van der Waals surface area contributed by atoms with Crippen LogP contribution in [0.15, 0.2) is 36.4 Å². The molecule has 20 heavy (non-hydrogen) atoms. The summed E-state index contributed by atoms with van der Waals surface area (Å²) in [5.74, 6) is 1.13. The van der Waals surface area contributed by atoms with Gasteiger partial charge in [0.2, 0.25) is 0 Å². The standard InChI is InChI=1S/C15H14Cl3NO/c1-9(19)6-10-2-3-11(16)7-14(10)20-15-8-12(17)4-5-13(15)18/h2-5,7-9H,6,19H2,1H3. The summed E-state index contributed by atoms with van der Waals surface area (Å²) in [4.78, 5) is 0. The highest BCUT2D eigenvalue weighted by Crippen LogP contribution is 2.34. The molecule has 0 bridgehead atoms. The van der Waals surface area contributed by atoms with Crippen LogP contribution in [-0.2, 0) is 6.42 Å². The van der Waals surface area contributed by atoms with Gasteiger partial charge in [-0.05, 0) is 43.2 Å². The summed E-state index contributed by atoms with van der Waals surface area (Å²) in [5, 5.41) is 1.63. The van der Waals surface area contributed by atoms with Gasteiger partial charge in [0.05, 0.1) is 5.02 Å². The quantitative estimate of drug-likeness (QED) is 0.822. The summed E-state index contributed by atoms with van der Waals surface area (Å²) in [7, 11) is 0. The van der Waals surface area contributed by atoms with Crippen LogP contribution in [-0.4, -0.2) is 6.04 Å². The van der Waals surface area contributed by atoms with Gasteiger partial charge < -0.3 is 10.5 Å². The maximum absolute atomic E-state index is 6.10. The maximum Gasteiger partial charge on any atom is 0.147 e. The second kappa shape index (κ2) is 6.68. The highest BCUT2D eigenvalue weighted by Gasteiger charge is 2.10. The van der Waals surface area contributed by atoms with Gasteiger partial charge in [0.1, 0.15) is 11.5 Å². The average Bonchev–Trinajstić information content (AvgIpc) is 2.37. The number of nitrogens with two attached hydrogens (primary N) is 1. The Morgan fingerprint density at radius 3 is 2.25 bits per heavy atom. The molecule has 2 aromatic rings. The molecule has 0 amide bonds. The molecule has 0 aliphatic carbocycles. The second-order valence-electron chi connectivity index (χ2n) is 4.61. The van der Waals surface area contributed by atoms with E-state index in [9.17, 15) is 0 Å². The minimum Gasteiger partial charge on any atom is -0.455 e. The van der Waals surface area contributed by atoms with Crippen molar-refractivity contribution in [3.63, 3.8) is 0 Å². The van der Waals surface area contributed by atoms with E-state index in [-0.39, 0.29) is 6.04 Å². The summed E-state index contributed by atoms with van der Waals surface area (Å²) in [6.07, 6.45) is 0.685. The zero-order valence-corrected chi connectivity index (χ0v) is 13.1. The van der Waals surface area contributed by atoms with E-state index in [0.29, 0.717) is 33.0 Å². The van der Waals surface area contributed by atoms with Crippen LogP contribution in [0.5, 0.6) is 11.5 Å². The Morgan fingerprint density at radius 2 is 1.60 bits per heavy atom. The molecule has 2 nitrogen and oxygen atoms in total. The summed E-state index contributed by atoms with van der Waals surface area (Å²) in [6, 6.07) is 10.5. The van der Waals surface area contributed by atoms with Crippen LogP contribution in [0.1, 0.15) is 12.5 Å². The highest BCUT2D eigenvalue weighted by molar-refractivity contribution is 6.34. The van der Waals surface area contributed by atoms with E-state index in [4.69, 9.17) is 45.3 Å². The van der Waals surface area contributed by atoms with Gasteiger partial charge in [-0.3, -0.25) is 0 Å². The van der Waals surface area contributed by atoms with Gasteiger partial charge in [-0.15, -0.1) is 0 Å². The third-order valence-corrected chi connectivity index (χ3v) is 3.47. The van der Waals surface area contributed by atoms with E-state index >= 15 is 0 Å². The fourth-order valence-electron chi connectivity index (χ4n) is 1.81. The molecule has 5 heteroatoms. The van der Waals surface area contributed by atoms with Crippen LogP contribution in [0.2, 0.25) is 15.1 Å². The molecule has 0 heterocycles. The average molecular weight is 331 g/mol. The van der Waals surface area contributed by atoms with Gasteiger partial charge in [-0.1, -0.05) is 40.9 Å². The Kier molecular flexibility index (Phi) is 5.17. The normalized spacial score (nSPS) is 12.2. The molecule has 0 aliphatic heterocycles. The van der Waals surface area contributed by atoms with Crippen molar-refractivity contribution < 1.29 is 4.74 Å². The molecule has 0 aromatic heterocycles. The zero-order chi connectivity index (χ0) is 14.7. The minimum absolute atomic E-state index is 0.0216. The van der Waals surface area contributed by atoms with Crippen LogP contribution >= 0.6 is 34.8 Å². The summed E-state index contributed by atoms with van der Waals surface area (Å²) in [6.45, 7) is 1.94. The molecule has 0 fully saturated rings. The van der Waals surface area contributed by atoms with Gasteiger partial charge in [0.25, 0.3) is 0 Å². The predicted octanol–water partition coefficient (Wildman–Crippen LogP) is 5.33. The number of hydrogen-bond acceptors (Lipinski definition) is 2. The van der Waals surface area contributed by atoms with Crippen molar-refractivity contribution in [1.82, 2.24) is 0 Å². The zero-order valence-electron chi connectivity index (χ0n) is 10.9. The third-order valence-electron chi connectivity index (χ3n) is 2.68. The van der Waals surface area contributed by atoms with E-state index in [1.165, 1.54) is 0 Å². The molecule has 1 unspecified atom stereocenters. The Bertz CT molecular complexity index is 614. The van der Waals surface area contributed by atoms with Crippen molar-refractivity contribution in [2.75, 3.05) is 0 Å². The molecule has 2 rings (SSSR count). The highest BCUT2D eigenvalue weighted by atomic mass is 35.5. The Balaban J connectivity index is 2.36. The van der Waals surface area contributed by atoms with Crippen molar-refractivity contribution in [2.24, 2.45) is 5.73 Å². The minimum atomic E-state index is 0.0216. The SMILES string of the molecule is CC(N)Cc1ccc(Cl)cc1Oc1cc(Cl)ccc1Cl. The first-order valence-corrected chi connectivity index (χ1v) is 7.26. The van der Waals surface area contributed by atoms with E-state index in [1.807, 2.05) is 19.1 Å². The van der Waals surface area contributed by atoms with Crippen molar-refractivity contribution in [1.29, 1.82) is 0 Å². The molecule has 0 saturated carbocycles. The van der Waals surface area contributed by atoms with Gasteiger partial charge in [0, 0.05) is 22.2 Å². The van der Waals surface area contributed by atoms with Gasteiger partial charge >= 0.3 is 0 Å². The monoisotopic (exact) mass is 329 g/mol. The molecule has 2 N–H and O–H groups in total. The molecule has 0 saturated heterocycles. The molecular weight excluding hydrogens is 317 g/mol. The van der Waals surface area contributed by atoms with Crippen LogP contribution in [0.4, 0.5) is 0 Å². The molecule has 0 aliphatic rings. The topological polar surface area (TPSA) is 35.2 Å². The third kappa shape index (κ3) is 4.03. The van der Waals surface area contributed by atoms with Gasteiger partial charge in [-0.2, -0.15) is 0 Å². The van der Waals surface area contributed by atoms with Gasteiger partial charge in [-0.25, -0.2) is 0 Å². The second-order valence-corrected chi connectivity index (χ2v) is 5.89. The summed E-state index contributed by atoms with van der Waals surface area (Å²) >= 11 is 18.1. The van der Waals surface area contributed by atoms with Crippen molar-refractivity contribution >= 4 is 34.8 Å². The maximum atomic E-state index is 6.10. The predicted molar refractivity (Wildman–Crippen MR) is 85.3 cm³/mol. The first kappa shape index (κ1) is 15.5. The number of ether oxygens (including phenoxy) is 1. The van der Waals surface area contributed by atoms with E-state index in [1.54, 1.807) is 24.3 Å². The molecule has 106 valence electrons. The van der Waals surface area contributed by atoms with Crippen LogP contribution in [0.25, 0.3) is 0 Å². The molecular formula is C15H14Cl3NO. The largest absolute Gasteiger partial charge is 0.455 e. The Labute approximate surface area is 133 Å². The van der Waals surface area contributed by atoms with Crippen molar-refractivity contribution in [2.45, 2.75) is 19.4 Å². The van der Waals surface area contributed by atoms with E-state index in [0.717, 1.165) is 5.56 Å².